The van der Waals surface area contributed by atoms with E-state index in [1.54, 1.807) is 30.9 Å². The maximum Gasteiger partial charge on any atom is 0.422 e. The van der Waals surface area contributed by atoms with Gasteiger partial charge in [-0.1, -0.05) is 0 Å². The Labute approximate surface area is 158 Å². The second kappa shape index (κ2) is 7.75. The van der Waals surface area contributed by atoms with Crippen LogP contribution in [0.1, 0.15) is 6.92 Å². The van der Waals surface area contributed by atoms with E-state index in [2.05, 4.69) is 14.8 Å². The van der Waals surface area contributed by atoms with E-state index in [1.165, 1.54) is 34.9 Å². The molecule has 0 saturated heterocycles. The van der Waals surface area contributed by atoms with Crippen LogP contribution in [0.2, 0.25) is 0 Å². The summed E-state index contributed by atoms with van der Waals surface area (Å²) in [6.07, 6.45) is -2.70. The number of benzene rings is 1. The molecule has 0 aliphatic carbocycles. The van der Waals surface area contributed by atoms with Gasteiger partial charge in [-0.25, -0.2) is 4.57 Å². The van der Waals surface area contributed by atoms with Crippen LogP contribution in [0.4, 0.5) is 13.2 Å². The van der Waals surface area contributed by atoms with Crippen LogP contribution in [0.5, 0.6) is 11.8 Å². The molecule has 2 heterocycles. The molecule has 0 spiro atoms. The molecule has 0 N–H and O–H groups in total. The first-order chi connectivity index (χ1) is 13.3. The molecule has 148 valence electrons. The first-order valence-corrected chi connectivity index (χ1v) is 8.34. The second-order valence-electron chi connectivity index (χ2n) is 5.80. The van der Waals surface area contributed by atoms with Gasteiger partial charge >= 0.3 is 12.2 Å². The van der Waals surface area contributed by atoms with Crippen molar-refractivity contribution in [2.75, 3.05) is 13.2 Å². The number of rotatable bonds is 6. The van der Waals surface area contributed by atoms with Gasteiger partial charge in [0.2, 0.25) is 0 Å². The fraction of sp³-hybridized carbons (Fsp3) is 0.278. The molecule has 0 atom stereocenters. The van der Waals surface area contributed by atoms with Gasteiger partial charge in [0.25, 0.3) is 5.56 Å². The van der Waals surface area contributed by atoms with E-state index in [9.17, 15) is 18.0 Å². The summed E-state index contributed by atoms with van der Waals surface area (Å²) >= 11 is 0. The fourth-order valence-corrected chi connectivity index (χ4v) is 2.46. The minimum atomic E-state index is -4.43. The van der Waals surface area contributed by atoms with Crippen LogP contribution in [-0.2, 0) is 7.05 Å². The average molecular weight is 394 g/mol. The summed E-state index contributed by atoms with van der Waals surface area (Å²) in [6.45, 7) is 0.625. The summed E-state index contributed by atoms with van der Waals surface area (Å²) in [6, 6.07) is 8.69. The lowest BCUT2D eigenvalue weighted by Crippen LogP contribution is -2.22. The van der Waals surface area contributed by atoms with Gasteiger partial charge in [-0.3, -0.25) is 9.48 Å². The van der Waals surface area contributed by atoms with Crippen molar-refractivity contribution in [3.8, 4) is 28.8 Å². The lowest BCUT2D eigenvalue weighted by Gasteiger charge is -2.14. The molecule has 0 aliphatic heterocycles. The first kappa shape index (κ1) is 19.5. The van der Waals surface area contributed by atoms with Crippen LogP contribution >= 0.6 is 0 Å². The number of hydrogen-bond acceptors (Lipinski definition) is 5. The predicted molar refractivity (Wildman–Crippen MR) is 94.8 cm³/mol. The zero-order valence-corrected chi connectivity index (χ0v) is 15.1. The molecule has 1 aromatic carbocycles. The molecule has 3 aromatic rings. The van der Waals surface area contributed by atoms with Gasteiger partial charge in [0.05, 0.1) is 12.3 Å². The fourth-order valence-electron chi connectivity index (χ4n) is 2.46. The van der Waals surface area contributed by atoms with Gasteiger partial charge in [-0.15, -0.1) is 0 Å². The van der Waals surface area contributed by atoms with Gasteiger partial charge < -0.3 is 9.47 Å². The summed E-state index contributed by atoms with van der Waals surface area (Å²) in [5.74, 6) is 0.0325. The number of alkyl halides is 3. The van der Waals surface area contributed by atoms with Crippen LogP contribution in [-0.4, -0.2) is 38.7 Å². The van der Waals surface area contributed by atoms with E-state index in [1.807, 2.05) is 0 Å². The molecule has 0 fully saturated rings. The molecule has 0 aliphatic rings. The largest absolute Gasteiger partial charge is 0.484 e. The third kappa shape index (κ3) is 4.51. The van der Waals surface area contributed by atoms with Gasteiger partial charge in [-0.05, 0) is 37.3 Å². The van der Waals surface area contributed by atoms with Crippen molar-refractivity contribution in [3.63, 3.8) is 0 Å². The molecule has 0 saturated carbocycles. The normalized spacial score (nSPS) is 11.5. The van der Waals surface area contributed by atoms with Gasteiger partial charge in [-0.2, -0.15) is 23.3 Å². The van der Waals surface area contributed by atoms with Crippen LogP contribution in [0.25, 0.3) is 17.1 Å². The Hall–Kier alpha value is -3.30. The minimum Gasteiger partial charge on any atom is -0.484 e. The third-order valence-electron chi connectivity index (χ3n) is 3.63. The monoisotopic (exact) mass is 394 g/mol. The molecular formula is C18H17F3N4O3. The molecule has 2 aromatic heterocycles. The third-order valence-corrected chi connectivity index (χ3v) is 3.63. The van der Waals surface area contributed by atoms with Crippen molar-refractivity contribution < 1.29 is 22.6 Å². The zero-order chi connectivity index (χ0) is 20.3. The van der Waals surface area contributed by atoms with Crippen LogP contribution in [0.15, 0.2) is 47.4 Å². The summed E-state index contributed by atoms with van der Waals surface area (Å²) in [5.41, 5.74) is 0.843. The number of hydrogen-bond donors (Lipinski definition) is 0. The molecular weight excluding hydrogens is 377 g/mol. The summed E-state index contributed by atoms with van der Waals surface area (Å²) < 4.78 is 49.8. The second-order valence-corrected chi connectivity index (χ2v) is 5.80. The lowest BCUT2D eigenvalue weighted by molar-refractivity contribution is -0.153. The molecule has 28 heavy (non-hydrogen) atoms. The number of nitrogens with zero attached hydrogens (tertiary/aromatic N) is 4. The van der Waals surface area contributed by atoms with Crippen molar-refractivity contribution in [1.82, 2.24) is 19.3 Å². The SMILES string of the molecule is CCOc1nc(-c2ccn(C)n2)cc(=O)n1-c1ccc(OCC(F)(F)F)cc1. The quantitative estimate of drug-likeness (QED) is 0.643. The highest BCUT2D eigenvalue weighted by atomic mass is 19.4. The Bertz CT molecular complexity index is 1010. The average Bonchev–Trinajstić information content (AvgIpc) is 3.06. The summed E-state index contributed by atoms with van der Waals surface area (Å²) in [5, 5.41) is 4.22. The van der Waals surface area contributed by atoms with Gasteiger partial charge in [0, 0.05) is 19.3 Å². The molecule has 0 amide bonds. The maximum atomic E-state index is 12.7. The zero-order valence-electron chi connectivity index (χ0n) is 15.1. The number of aromatic nitrogens is 4. The van der Waals surface area contributed by atoms with Crippen molar-refractivity contribution in [3.05, 3.63) is 52.9 Å². The Morgan fingerprint density at radius 1 is 1.07 bits per heavy atom. The number of aryl methyl sites for hydroxylation is 1. The van der Waals surface area contributed by atoms with Crippen LogP contribution in [0, 0.1) is 0 Å². The Morgan fingerprint density at radius 3 is 2.36 bits per heavy atom. The summed E-state index contributed by atoms with van der Waals surface area (Å²) in [7, 11) is 1.75. The predicted octanol–water partition coefficient (Wildman–Crippen LogP) is 2.97. The minimum absolute atomic E-state index is 0.0325. The highest BCUT2D eigenvalue weighted by Gasteiger charge is 2.28. The lowest BCUT2D eigenvalue weighted by atomic mass is 10.2. The Morgan fingerprint density at radius 2 is 1.79 bits per heavy atom. The standard InChI is InChI=1S/C18H17F3N4O3/c1-3-27-17-22-15(14-8-9-24(2)23-14)10-16(26)25(17)12-4-6-13(7-5-12)28-11-18(19,20)21/h4-10H,3,11H2,1-2H3. The van der Waals surface area contributed by atoms with E-state index >= 15 is 0 Å². The summed E-state index contributed by atoms with van der Waals surface area (Å²) in [4.78, 5) is 17.0. The van der Waals surface area contributed by atoms with E-state index in [0.717, 1.165) is 0 Å². The van der Waals surface area contributed by atoms with Crippen molar-refractivity contribution in [2.45, 2.75) is 13.1 Å². The highest BCUT2D eigenvalue weighted by molar-refractivity contribution is 5.54. The molecule has 10 heteroatoms. The molecule has 7 nitrogen and oxygen atoms in total. The number of halogens is 3. The van der Waals surface area contributed by atoms with Crippen molar-refractivity contribution in [1.29, 1.82) is 0 Å². The Kier molecular flexibility index (Phi) is 5.39. The number of ether oxygens (including phenoxy) is 2. The topological polar surface area (TPSA) is 71.2 Å². The van der Waals surface area contributed by atoms with Gasteiger partial charge in [0.15, 0.2) is 6.61 Å². The van der Waals surface area contributed by atoms with E-state index in [0.29, 0.717) is 17.1 Å². The smallest absolute Gasteiger partial charge is 0.422 e. The first-order valence-electron chi connectivity index (χ1n) is 8.34. The van der Waals surface area contributed by atoms with E-state index < -0.39 is 18.3 Å². The highest BCUT2D eigenvalue weighted by Crippen LogP contribution is 2.22. The maximum absolute atomic E-state index is 12.7. The van der Waals surface area contributed by atoms with Crippen molar-refractivity contribution >= 4 is 0 Å². The van der Waals surface area contributed by atoms with Crippen LogP contribution in [0.3, 0.4) is 0 Å². The van der Waals surface area contributed by atoms with Crippen LogP contribution < -0.4 is 15.0 Å². The molecule has 0 unspecified atom stereocenters. The molecule has 0 radical (unpaired) electrons. The Balaban J connectivity index is 1.95. The van der Waals surface area contributed by atoms with E-state index in [4.69, 9.17) is 4.74 Å². The molecule has 3 rings (SSSR count). The molecule has 0 bridgehead atoms. The van der Waals surface area contributed by atoms with E-state index in [-0.39, 0.29) is 18.4 Å². The van der Waals surface area contributed by atoms with Crippen molar-refractivity contribution in [2.24, 2.45) is 7.05 Å². The van der Waals surface area contributed by atoms with Gasteiger partial charge in [0.1, 0.15) is 17.1 Å².